The molecule has 20 heteroatoms. The molecule has 8 rings (SSSR count). The number of aromatic nitrogens is 3. The second kappa shape index (κ2) is 24.3. The van der Waals surface area contributed by atoms with Gasteiger partial charge in [0.05, 0.1) is 46.7 Å². The van der Waals surface area contributed by atoms with E-state index in [1.165, 1.54) is 16.3 Å². The number of ether oxygens (including phenoxy) is 2. The number of nitrogens with zero attached hydrogens (tertiary/aromatic N) is 6. The highest BCUT2D eigenvalue weighted by atomic mass is 32.1. The molecule has 364 valence electrons. The molecule has 1 saturated carbocycles. The number of carbonyl (C=O) groups excluding carboxylic acids is 3. The molecule has 4 aliphatic rings. The van der Waals surface area contributed by atoms with E-state index in [1.807, 2.05) is 11.6 Å². The van der Waals surface area contributed by atoms with Crippen molar-refractivity contribution in [2.24, 2.45) is 17.3 Å². The van der Waals surface area contributed by atoms with Gasteiger partial charge in [0.25, 0.3) is 5.91 Å². The molecular weight excluding hydrogens is 957 g/mol. The first-order chi connectivity index (χ1) is 28.2. The monoisotopic (exact) mass is 1030 g/mol. The topological polar surface area (TPSA) is 134 Å². The molecule has 13 nitrogen and oxygen atoms in total. The Bertz CT molecular complexity index is 2260. The highest BCUT2D eigenvalue weighted by Crippen LogP contribution is 2.43. The molecule has 65 heavy (non-hydrogen) atoms. The molecule has 2 saturated heterocycles. The van der Waals surface area contributed by atoms with E-state index < -0.39 is 17.5 Å². The average molecular weight is 1030 g/mol. The van der Waals surface area contributed by atoms with E-state index in [1.54, 1.807) is 7.11 Å². The second-order valence-electron chi connectivity index (χ2n) is 18.1. The van der Waals surface area contributed by atoms with Gasteiger partial charge in [-0.15, -0.1) is 11.3 Å². The Kier molecular flexibility index (Phi) is 22.0. The third-order valence-corrected chi connectivity index (χ3v) is 13.7. The summed E-state index contributed by atoms with van der Waals surface area (Å²) in [6.45, 7) is 17.0. The number of hydrazine groups is 1. The van der Waals surface area contributed by atoms with Crippen molar-refractivity contribution < 1.29 is 23.9 Å². The zero-order valence-corrected chi connectivity index (χ0v) is 45.7. The van der Waals surface area contributed by atoms with Gasteiger partial charge in [-0.2, -0.15) is 81.0 Å². The zero-order valence-electron chi connectivity index (χ0n) is 38.8. The van der Waals surface area contributed by atoms with Crippen LogP contribution in [0.25, 0.3) is 33.4 Å². The Morgan fingerprint density at radius 2 is 1.80 bits per heavy atom. The first-order valence-corrected chi connectivity index (χ1v) is 22.3. The normalized spacial score (nSPS) is 23.4. The van der Waals surface area contributed by atoms with Gasteiger partial charge < -0.3 is 29.2 Å². The van der Waals surface area contributed by atoms with Crippen LogP contribution in [0.4, 0.5) is 5.69 Å². The van der Waals surface area contributed by atoms with E-state index in [9.17, 15) is 14.4 Å². The lowest BCUT2D eigenvalue weighted by Crippen LogP contribution is -2.60. The number of methoxy groups -OCH3 is 1. The van der Waals surface area contributed by atoms with Crippen LogP contribution in [-0.4, -0.2) is 107 Å². The molecule has 1 aromatic carbocycles. The van der Waals surface area contributed by atoms with Crippen molar-refractivity contribution in [3.8, 4) is 22.5 Å². The molecule has 6 bridgehead atoms. The number of amides is 2. The number of esters is 1. The maximum Gasteiger partial charge on any atom is 0.324 e. The van der Waals surface area contributed by atoms with Crippen molar-refractivity contribution in [1.29, 1.82) is 0 Å². The molecule has 1 aliphatic carbocycles. The summed E-state index contributed by atoms with van der Waals surface area (Å²) in [4.78, 5) is 56.3. The zero-order chi connectivity index (χ0) is 41.7. The van der Waals surface area contributed by atoms with Gasteiger partial charge >= 0.3 is 5.97 Å². The number of carbonyl (C=O) groups is 3. The number of fused-ring (bicyclic) bond motifs is 6. The smallest absolute Gasteiger partial charge is 0.324 e. The molecule has 6 heterocycles. The number of rotatable bonds is 7. The van der Waals surface area contributed by atoms with Gasteiger partial charge in [-0.25, -0.2) is 10.4 Å². The van der Waals surface area contributed by atoms with E-state index in [-0.39, 0.29) is 124 Å². The Balaban J connectivity index is 0.00000242. The summed E-state index contributed by atoms with van der Waals surface area (Å²) < 4.78 is 14.5. The fraction of sp³-hybridized carbons (Fsp3) is 0.578. The highest BCUT2D eigenvalue weighted by Gasteiger charge is 2.42. The van der Waals surface area contributed by atoms with Gasteiger partial charge in [0.15, 0.2) is 0 Å². The molecule has 3 aromatic heterocycles. The lowest BCUT2D eigenvalue weighted by atomic mass is 9.84. The van der Waals surface area contributed by atoms with Gasteiger partial charge in [-0.3, -0.25) is 24.4 Å². The van der Waals surface area contributed by atoms with Crippen LogP contribution in [0.15, 0.2) is 35.8 Å². The molecule has 4 aromatic rings. The number of cyclic esters (lactones) is 1. The number of nitrogens with one attached hydrogen (secondary N) is 2. The summed E-state index contributed by atoms with van der Waals surface area (Å²) in [6, 6.07) is 7.68. The van der Waals surface area contributed by atoms with E-state index in [0.717, 1.165) is 88.0 Å². The maximum absolute atomic E-state index is 14.1. The van der Waals surface area contributed by atoms with E-state index >= 15 is 0 Å². The van der Waals surface area contributed by atoms with Crippen LogP contribution in [0.2, 0.25) is 0 Å². The van der Waals surface area contributed by atoms with Crippen molar-refractivity contribution >= 4 is 127 Å². The number of thiazole rings is 1. The summed E-state index contributed by atoms with van der Waals surface area (Å²) in [7, 11) is 3.91. The Morgan fingerprint density at radius 1 is 1.08 bits per heavy atom. The molecular formula is C45H72N8O5S7. The van der Waals surface area contributed by atoms with Crippen molar-refractivity contribution in [1.82, 2.24) is 35.2 Å². The molecule has 3 fully saturated rings. The van der Waals surface area contributed by atoms with E-state index in [0.29, 0.717) is 37.8 Å². The van der Waals surface area contributed by atoms with Crippen molar-refractivity contribution in [2.45, 2.75) is 104 Å². The first-order valence-electron chi connectivity index (χ1n) is 21.4. The molecule has 6 atom stereocenters. The van der Waals surface area contributed by atoms with Crippen molar-refractivity contribution in [3.05, 3.63) is 52.1 Å². The van der Waals surface area contributed by atoms with Gasteiger partial charge in [-0.1, -0.05) is 26.8 Å². The van der Waals surface area contributed by atoms with Crippen LogP contribution in [-0.2, 0) is 43.2 Å². The van der Waals surface area contributed by atoms with E-state index in [2.05, 4.69) is 98.0 Å². The molecule has 0 spiro atoms. The fourth-order valence-electron chi connectivity index (χ4n) is 9.25. The van der Waals surface area contributed by atoms with Gasteiger partial charge in [0, 0.05) is 91.0 Å². The third-order valence-electron chi connectivity index (χ3n) is 12.8. The summed E-state index contributed by atoms with van der Waals surface area (Å²) in [5.74, 6) is -0.565. The Labute approximate surface area is 431 Å². The van der Waals surface area contributed by atoms with Crippen LogP contribution in [0.1, 0.15) is 83.2 Å². The van der Waals surface area contributed by atoms with Crippen LogP contribution in [0.5, 0.6) is 0 Å². The minimum absolute atomic E-state index is 0. The molecule has 3 aliphatic heterocycles. The number of hydrogen-bond donors (Lipinski definition) is 2. The van der Waals surface area contributed by atoms with Gasteiger partial charge in [0.1, 0.15) is 12.1 Å². The minimum Gasteiger partial charge on any atom is -0.464 e. The van der Waals surface area contributed by atoms with Gasteiger partial charge in [0.2, 0.25) is 5.91 Å². The van der Waals surface area contributed by atoms with Crippen molar-refractivity contribution in [2.75, 3.05) is 51.8 Å². The lowest BCUT2D eigenvalue weighted by Gasteiger charge is -2.40. The second-order valence-corrected chi connectivity index (χ2v) is 19.0. The van der Waals surface area contributed by atoms with Crippen LogP contribution in [0.3, 0.4) is 0 Å². The summed E-state index contributed by atoms with van der Waals surface area (Å²) in [6.07, 6.45) is 4.60. The van der Waals surface area contributed by atoms with Gasteiger partial charge in [-0.05, 0) is 83.2 Å². The number of hydrogen-bond acceptors (Lipinski definition) is 11. The number of piperazine rings is 1. The summed E-state index contributed by atoms with van der Waals surface area (Å²) in [5.41, 5.74) is 10.8. The number of pyridine rings is 1. The quantitative estimate of drug-likeness (QED) is 0.194. The number of anilines is 1. The molecule has 0 radical (unpaired) electrons. The molecule has 2 amide bonds. The molecule has 2 N–H and O–H groups in total. The predicted octanol–water partition coefficient (Wildman–Crippen LogP) is 6.68. The van der Waals surface area contributed by atoms with Crippen LogP contribution >= 0.6 is 92.3 Å². The predicted molar refractivity (Wildman–Crippen MR) is 293 cm³/mol. The number of benzene rings is 1. The number of aryl methyl sites for hydroxylation is 1. The highest BCUT2D eigenvalue weighted by molar-refractivity contribution is 7.60. The van der Waals surface area contributed by atoms with Crippen molar-refractivity contribution in [3.63, 3.8) is 0 Å². The Morgan fingerprint density at radius 3 is 2.46 bits per heavy atom. The summed E-state index contributed by atoms with van der Waals surface area (Å²) >= 11 is 1.49. The van der Waals surface area contributed by atoms with Crippen LogP contribution in [0, 0.1) is 17.3 Å². The lowest BCUT2D eigenvalue weighted by molar-refractivity contribution is -0.155. The minimum atomic E-state index is -0.827. The van der Waals surface area contributed by atoms with E-state index in [4.69, 9.17) is 19.4 Å². The number of likely N-dealkylation sites (N-methyl/N-ethyl adjacent to an activating group) is 1. The maximum atomic E-state index is 14.1. The fourth-order valence-corrected chi connectivity index (χ4v) is 10.1. The van der Waals surface area contributed by atoms with Crippen LogP contribution < -0.4 is 15.6 Å². The first kappa shape index (κ1) is 58.9. The standard InChI is InChI=1S/C45H60N8O5S.6H2S/c1-9-51-38-13-12-29-18-32(38)34(41(51)33-19-30(22-46-40(33)28(4)57-8)52-16-15-50(7)23-27(52)3)21-45(5,6)25-58-44(56)35-11-10-14-53(49-35)43(55)36(20-39-47-37(29)24-59-39)48-42(54)31-17-26(31)2;;;;;;/h12-13,18-19,22,24,26-28,31,35-36,49H,9-11,14-17,20-21,23,25H2,1-8H3,(H,48,54);6*1H2/t26-,27-,28-,31-,35-,36-;;;;;;/m0....../s1. The largest absolute Gasteiger partial charge is 0.464 e. The summed E-state index contributed by atoms with van der Waals surface area (Å²) in [5, 5.41) is 8.47. The average Bonchev–Trinajstić information content (AvgIpc) is 3.65. The Hall–Kier alpha value is -2.27. The third kappa shape index (κ3) is 12.5. The molecule has 0 unspecified atom stereocenters. The SMILES string of the molecule is CCn1c(-c2cc(N3CCN(C)C[C@@H]3C)cnc2[C@H](C)OC)c2c3cc(ccc31)-c1csc(n1)C[C@H](NC(=O)[C@H]1C[C@@H]1C)C(=O)N1CCC[C@H](N1)C(=O)OCC(C)(C)C2.S.S.S.S.S.S.